The number of carbonyl (C=O) groups excluding carboxylic acids is 2. The molecule has 0 aliphatic carbocycles. The van der Waals surface area contributed by atoms with Gasteiger partial charge in [0.05, 0.1) is 24.8 Å². The summed E-state index contributed by atoms with van der Waals surface area (Å²) in [5, 5.41) is 0. The number of fused-ring (bicyclic) bond motifs is 1. The molecule has 0 N–H and O–H groups in total. The second kappa shape index (κ2) is 14.3. The van der Waals surface area contributed by atoms with Crippen molar-refractivity contribution in [3.8, 4) is 5.75 Å². The number of aromatic nitrogens is 3. The van der Waals surface area contributed by atoms with Gasteiger partial charge in [0, 0.05) is 69.5 Å². The number of piperidine rings is 1. The van der Waals surface area contributed by atoms with E-state index in [4.69, 9.17) is 4.74 Å². The molecule has 0 bridgehead atoms. The molecule has 2 aliphatic rings. The Kier molecular flexibility index (Phi) is 9.63. The maximum Gasteiger partial charge on any atom is 0.257 e. The maximum atomic E-state index is 14.2. The summed E-state index contributed by atoms with van der Waals surface area (Å²) < 4.78 is 6.57. The number of ether oxygens (including phenoxy) is 1. The minimum atomic E-state index is -0.118. The van der Waals surface area contributed by atoms with Crippen molar-refractivity contribution in [1.29, 1.82) is 0 Å². The van der Waals surface area contributed by atoms with E-state index in [2.05, 4.69) is 32.0 Å². The molecule has 6 rings (SSSR count). The van der Waals surface area contributed by atoms with E-state index in [1.165, 1.54) is 0 Å². The lowest BCUT2D eigenvalue weighted by atomic mass is 9.75. The van der Waals surface area contributed by atoms with Crippen molar-refractivity contribution < 1.29 is 14.3 Å². The first-order valence-electron chi connectivity index (χ1n) is 15.8. The molecule has 2 aromatic heterocycles. The van der Waals surface area contributed by atoms with Gasteiger partial charge in [-0.3, -0.25) is 19.6 Å². The van der Waals surface area contributed by atoms with Crippen molar-refractivity contribution in [2.24, 2.45) is 5.41 Å². The highest BCUT2D eigenvalue weighted by atomic mass is 16.5. The molecule has 0 radical (unpaired) electrons. The van der Waals surface area contributed by atoms with Gasteiger partial charge in [-0.25, -0.2) is 4.98 Å². The summed E-state index contributed by atoms with van der Waals surface area (Å²) in [6, 6.07) is 21.5. The van der Waals surface area contributed by atoms with Crippen LogP contribution < -0.4 is 9.64 Å². The van der Waals surface area contributed by atoms with Gasteiger partial charge in [0.2, 0.25) is 5.91 Å². The van der Waals surface area contributed by atoms with Crippen LogP contribution in [0.4, 0.5) is 5.82 Å². The van der Waals surface area contributed by atoms with E-state index in [-0.39, 0.29) is 17.2 Å². The first-order valence-corrected chi connectivity index (χ1v) is 15.8. The summed E-state index contributed by atoms with van der Waals surface area (Å²) in [4.78, 5) is 46.5. The van der Waals surface area contributed by atoms with E-state index in [0.29, 0.717) is 57.1 Å². The molecule has 232 valence electrons. The van der Waals surface area contributed by atoms with Crippen molar-refractivity contribution in [3.63, 3.8) is 0 Å². The Morgan fingerprint density at radius 2 is 1.56 bits per heavy atom. The predicted octanol–water partition coefficient (Wildman–Crippen LogP) is 5.04. The second-order valence-corrected chi connectivity index (χ2v) is 12.1. The van der Waals surface area contributed by atoms with Crippen LogP contribution in [0, 0.1) is 5.41 Å². The quantitative estimate of drug-likeness (QED) is 0.315. The molecular formula is C36H40N6O3. The fourth-order valence-corrected chi connectivity index (χ4v) is 6.39. The highest BCUT2D eigenvalue weighted by Crippen LogP contribution is 2.38. The average molecular weight is 605 g/mol. The van der Waals surface area contributed by atoms with Crippen LogP contribution in [0.15, 0.2) is 97.7 Å². The molecule has 1 fully saturated rings. The highest BCUT2D eigenvalue weighted by molar-refractivity contribution is 5.97. The van der Waals surface area contributed by atoms with Crippen molar-refractivity contribution >= 4 is 17.6 Å². The SMILES string of the molecule is O=C(Cc1cccnc1)N1CCC2(CCCN(c3cnccn3)CCN(Cc3ccccc3)C(=O)c3ccccc3OC2)CC1. The van der Waals surface area contributed by atoms with E-state index in [9.17, 15) is 9.59 Å². The molecule has 9 nitrogen and oxygen atoms in total. The van der Waals surface area contributed by atoms with Crippen LogP contribution in [0.1, 0.15) is 47.2 Å². The molecule has 1 saturated heterocycles. The van der Waals surface area contributed by atoms with E-state index in [0.717, 1.165) is 49.2 Å². The molecule has 1 spiro atoms. The topological polar surface area (TPSA) is 91.8 Å². The normalized spacial score (nSPS) is 17.4. The number of para-hydroxylation sites is 1. The average Bonchev–Trinajstić information content (AvgIpc) is 3.10. The Labute approximate surface area is 264 Å². The number of pyridine rings is 1. The fourth-order valence-electron chi connectivity index (χ4n) is 6.39. The fraction of sp³-hybridized carbons (Fsp3) is 0.361. The lowest BCUT2D eigenvalue weighted by molar-refractivity contribution is -0.133. The van der Waals surface area contributed by atoms with Gasteiger partial charge >= 0.3 is 0 Å². The van der Waals surface area contributed by atoms with E-state index in [1.807, 2.05) is 64.4 Å². The second-order valence-electron chi connectivity index (χ2n) is 12.1. The Hall–Kier alpha value is -4.79. The molecule has 2 aromatic carbocycles. The Bertz CT molecular complexity index is 1550. The summed E-state index contributed by atoms with van der Waals surface area (Å²) >= 11 is 0. The number of nitrogens with zero attached hydrogens (tertiary/aromatic N) is 6. The summed E-state index contributed by atoms with van der Waals surface area (Å²) in [7, 11) is 0. The van der Waals surface area contributed by atoms with Gasteiger partial charge in [0.1, 0.15) is 11.6 Å². The predicted molar refractivity (Wildman–Crippen MR) is 173 cm³/mol. The number of benzene rings is 2. The minimum Gasteiger partial charge on any atom is -0.492 e. The highest BCUT2D eigenvalue weighted by Gasteiger charge is 2.37. The Balaban J connectivity index is 1.24. The van der Waals surface area contributed by atoms with Crippen LogP contribution >= 0.6 is 0 Å². The van der Waals surface area contributed by atoms with Gasteiger partial charge < -0.3 is 19.4 Å². The maximum absolute atomic E-state index is 14.2. The number of hydrogen-bond donors (Lipinski definition) is 0. The molecule has 0 saturated carbocycles. The standard InChI is InChI=1S/C36H40N6O3/c43-34(24-30-10-6-16-37-25-30)41-20-14-36(15-21-41)13-7-19-40(33-26-38-17-18-39-33)22-23-42(27-29-8-2-1-3-9-29)35(44)31-11-4-5-12-32(31)45-28-36/h1-6,8-12,16-18,25-26H,7,13-15,19-24,27-28H2. The van der Waals surface area contributed by atoms with Gasteiger partial charge in [-0.15, -0.1) is 0 Å². The van der Waals surface area contributed by atoms with Gasteiger partial charge in [-0.05, 0) is 55.0 Å². The lowest BCUT2D eigenvalue weighted by Crippen LogP contribution is -2.46. The number of carbonyl (C=O) groups is 2. The van der Waals surface area contributed by atoms with Crippen molar-refractivity contribution in [3.05, 3.63) is 114 Å². The molecule has 45 heavy (non-hydrogen) atoms. The van der Waals surface area contributed by atoms with Crippen molar-refractivity contribution in [2.75, 3.05) is 44.2 Å². The molecular weight excluding hydrogens is 564 g/mol. The van der Waals surface area contributed by atoms with Crippen LogP contribution in [-0.4, -0.2) is 75.9 Å². The third-order valence-corrected chi connectivity index (χ3v) is 9.06. The molecule has 0 atom stereocenters. The Morgan fingerprint density at radius 3 is 2.33 bits per heavy atom. The summed E-state index contributed by atoms with van der Waals surface area (Å²) in [5.74, 6) is 1.49. The Morgan fingerprint density at radius 1 is 0.778 bits per heavy atom. The van der Waals surface area contributed by atoms with Crippen LogP contribution in [0.2, 0.25) is 0 Å². The minimum absolute atomic E-state index is 0.0577. The molecule has 0 unspecified atom stereocenters. The zero-order valence-electron chi connectivity index (χ0n) is 25.6. The van der Waals surface area contributed by atoms with Crippen LogP contribution in [0.5, 0.6) is 5.75 Å². The number of likely N-dealkylation sites (tertiary alicyclic amines) is 1. The third-order valence-electron chi connectivity index (χ3n) is 9.06. The van der Waals surface area contributed by atoms with Crippen molar-refractivity contribution in [1.82, 2.24) is 24.8 Å². The largest absolute Gasteiger partial charge is 0.492 e. The van der Waals surface area contributed by atoms with Crippen LogP contribution in [-0.2, 0) is 17.8 Å². The number of hydrogen-bond acceptors (Lipinski definition) is 7. The van der Waals surface area contributed by atoms with E-state index in [1.54, 1.807) is 31.0 Å². The van der Waals surface area contributed by atoms with Gasteiger partial charge in [0.15, 0.2) is 0 Å². The number of rotatable bonds is 5. The molecule has 4 heterocycles. The van der Waals surface area contributed by atoms with Crippen molar-refractivity contribution in [2.45, 2.75) is 38.6 Å². The van der Waals surface area contributed by atoms with Gasteiger partial charge in [-0.1, -0.05) is 48.5 Å². The van der Waals surface area contributed by atoms with E-state index >= 15 is 0 Å². The molecule has 4 aromatic rings. The lowest BCUT2D eigenvalue weighted by Gasteiger charge is -2.42. The zero-order valence-corrected chi connectivity index (χ0v) is 25.6. The monoisotopic (exact) mass is 604 g/mol. The summed E-state index contributed by atoms with van der Waals surface area (Å²) in [5.41, 5.74) is 2.45. The first-order chi connectivity index (χ1) is 22.1. The number of anilines is 1. The molecule has 2 aliphatic heterocycles. The first kappa shape index (κ1) is 30.2. The van der Waals surface area contributed by atoms with Crippen LogP contribution in [0.25, 0.3) is 0 Å². The molecule has 2 amide bonds. The van der Waals surface area contributed by atoms with Gasteiger partial charge in [0.25, 0.3) is 5.91 Å². The zero-order chi connectivity index (χ0) is 30.9. The summed E-state index contributed by atoms with van der Waals surface area (Å²) in [6.45, 7) is 4.29. The smallest absolute Gasteiger partial charge is 0.257 e. The number of amides is 2. The van der Waals surface area contributed by atoms with Crippen LogP contribution in [0.3, 0.4) is 0 Å². The van der Waals surface area contributed by atoms with Gasteiger partial charge in [-0.2, -0.15) is 0 Å². The third kappa shape index (κ3) is 7.66. The summed E-state index contributed by atoms with van der Waals surface area (Å²) in [6.07, 6.45) is 12.6. The molecule has 9 heteroatoms. The van der Waals surface area contributed by atoms with E-state index < -0.39 is 0 Å².